The van der Waals surface area contributed by atoms with Crippen molar-refractivity contribution in [2.45, 2.75) is 13.3 Å². The first kappa shape index (κ1) is 8.97. The molecule has 5 heavy (non-hydrogen) atoms. The summed E-state index contributed by atoms with van der Waals surface area (Å²) < 4.78 is 0. The smallest absolute Gasteiger partial charge is 0.0382 e. The number of rotatable bonds is 1. The highest BCUT2D eigenvalue weighted by Gasteiger charge is 1.45. The molecular formula is C4H9Br. The van der Waals surface area contributed by atoms with Gasteiger partial charge in [0.2, 0.25) is 0 Å². The molecule has 0 aromatic rings. The van der Waals surface area contributed by atoms with E-state index in [1.807, 2.05) is 6.08 Å². The largest absolute Gasteiger partial charge is 0.114 e. The minimum Gasteiger partial charge on any atom is -0.114 e. The molecule has 0 fully saturated rings. The van der Waals surface area contributed by atoms with Crippen LogP contribution in [0.2, 0.25) is 0 Å². The summed E-state index contributed by atoms with van der Waals surface area (Å²) in [4.78, 5) is 0. The van der Waals surface area contributed by atoms with Crippen LogP contribution in [0.4, 0.5) is 0 Å². The van der Waals surface area contributed by atoms with Crippen LogP contribution >= 0.6 is 17.0 Å². The van der Waals surface area contributed by atoms with Gasteiger partial charge in [0.05, 0.1) is 0 Å². The molecule has 0 heterocycles. The Morgan fingerprint density at radius 3 is 2.00 bits per heavy atom. The summed E-state index contributed by atoms with van der Waals surface area (Å²) in [6.07, 6.45) is 2.96. The first-order valence-corrected chi connectivity index (χ1v) is 1.52. The maximum atomic E-state index is 3.48. The Hall–Kier alpha value is 0.220. The topological polar surface area (TPSA) is 0 Å². The predicted molar refractivity (Wildman–Crippen MR) is 30.8 cm³/mol. The molecule has 0 unspecified atom stereocenters. The van der Waals surface area contributed by atoms with Gasteiger partial charge in [-0.1, -0.05) is 13.0 Å². The molecule has 0 aliphatic carbocycles. The molecular weight excluding hydrogens is 128 g/mol. The maximum absolute atomic E-state index is 3.48. The molecule has 0 spiro atoms. The second-order valence-electron chi connectivity index (χ2n) is 0.697. The Labute approximate surface area is 43.7 Å². The fourth-order valence-corrected chi connectivity index (χ4v) is 0. The molecule has 0 bridgehead atoms. The van der Waals surface area contributed by atoms with Crippen LogP contribution in [0.3, 0.4) is 0 Å². The van der Waals surface area contributed by atoms with Gasteiger partial charge in [-0.3, -0.25) is 0 Å². The summed E-state index contributed by atoms with van der Waals surface area (Å²) in [7, 11) is 0. The number of halogens is 1. The van der Waals surface area contributed by atoms with E-state index in [4.69, 9.17) is 0 Å². The third-order valence-electron chi connectivity index (χ3n) is 0.289. The predicted octanol–water partition coefficient (Wildman–Crippen LogP) is 2.16. The van der Waals surface area contributed by atoms with Crippen LogP contribution in [0.25, 0.3) is 0 Å². The van der Waals surface area contributed by atoms with Crippen molar-refractivity contribution in [2.24, 2.45) is 0 Å². The van der Waals surface area contributed by atoms with Crippen LogP contribution in [-0.4, -0.2) is 0 Å². The molecule has 0 radical (unpaired) electrons. The van der Waals surface area contributed by atoms with Crippen LogP contribution in [0.1, 0.15) is 13.3 Å². The van der Waals surface area contributed by atoms with Crippen molar-refractivity contribution in [1.82, 2.24) is 0 Å². The second kappa shape index (κ2) is 8.88. The van der Waals surface area contributed by atoms with Crippen LogP contribution in [-0.2, 0) is 0 Å². The molecule has 0 rings (SSSR count). The summed E-state index contributed by atoms with van der Waals surface area (Å²) in [6.45, 7) is 5.54. The van der Waals surface area contributed by atoms with Crippen molar-refractivity contribution in [3.05, 3.63) is 12.7 Å². The van der Waals surface area contributed by atoms with Crippen molar-refractivity contribution in [3.8, 4) is 0 Å². The number of hydrogen-bond acceptors (Lipinski definition) is 0. The zero-order valence-corrected chi connectivity index (χ0v) is 5.11. The zero-order valence-electron chi connectivity index (χ0n) is 3.40. The van der Waals surface area contributed by atoms with Crippen molar-refractivity contribution >= 4 is 17.0 Å². The van der Waals surface area contributed by atoms with E-state index < -0.39 is 0 Å². The standard InChI is InChI=1S/C4H8.BrH/c1-3-4-2;/h3H,1,4H2,2H3;1H. The summed E-state index contributed by atoms with van der Waals surface area (Å²) in [5.74, 6) is 0. The first-order valence-electron chi connectivity index (χ1n) is 1.52. The van der Waals surface area contributed by atoms with Gasteiger partial charge in [0.15, 0.2) is 0 Å². The molecule has 0 amide bonds. The molecule has 0 aromatic heterocycles. The van der Waals surface area contributed by atoms with Gasteiger partial charge < -0.3 is 0 Å². The molecule has 0 atom stereocenters. The Kier molecular flexibility index (Phi) is 15.9. The van der Waals surface area contributed by atoms with Gasteiger partial charge in [-0.05, 0) is 6.42 Å². The minimum atomic E-state index is 0. The van der Waals surface area contributed by atoms with Crippen LogP contribution in [0.15, 0.2) is 12.7 Å². The number of allylic oxidation sites excluding steroid dienone is 1. The lowest BCUT2D eigenvalue weighted by atomic mass is 10.5. The molecule has 0 aliphatic rings. The van der Waals surface area contributed by atoms with E-state index in [0.29, 0.717) is 0 Å². The molecule has 0 aliphatic heterocycles. The zero-order chi connectivity index (χ0) is 3.41. The van der Waals surface area contributed by atoms with Gasteiger partial charge in [-0.25, -0.2) is 0 Å². The summed E-state index contributed by atoms with van der Waals surface area (Å²) in [5.41, 5.74) is 0. The van der Waals surface area contributed by atoms with E-state index in [0.717, 1.165) is 6.42 Å². The highest BCUT2D eigenvalue weighted by Crippen LogP contribution is 1.66. The quantitative estimate of drug-likeness (QED) is 0.485. The molecule has 0 aromatic carbocycles. The van der Waals surface area contributed by atoms with Gasteiger partial charge in [-0.15, -0.1) is 23.6 Å². The molecule has 0 saturated carbocycles. The Morgan fingerprint density at radius 2 is 2.00 bits per heavy atom. The average molecular weight is 137 g/mol. The second-order valence-corrected chi connectivity index (χ2v) is 0.697. The van der Waals surface area contributed by atoms with Crippen LogP contribution in [0, 0.1) is 0 Å². The third-order valence-corrected chi connectivity index (χ3v) is 0.289. The fourth-order valence-electron chi connectivity index (χ4n) is 0. The van der Waals surface area contributed by atoms with E-state index in [1.165, 1.54) is 0 Å². The van der Waals surface area contributed by atoms with Gasteiger partial charge >= 0.3 is 0 Å². The van der Waals surface area contributed by atoms with E-state index in [9.17, 15) is 0 Å². The van der Waals surface area contributed by atoms with E-state index in [2.05, 4.69) is 13.5 Å². The minimum absolute atomic E-state index is 0. The van der Waals surface area contributed by atoms with Crippen molar-refractivity contribution < 1.29 is 0 Å². The lowest BCUT2D eigenvalue weighted by Gasteiger charge is -1.57. The highest BCUT2D eigenvalue weighted by atomic mass is 79.9. The molecule has 0 nitrogen and oxygen atoms in total. The van der Waals surface area contributed by atoms with Gasteiger partial charge in [0.25, 0.3) is 0 Å². The van der Waals surface area contributed by atoms with Crippen LogP contribution < -0.4 is 0 Å². The lowest BCUT2D eigenvalue weighted by molar-refractivity contribution is 1.23. The lowest BCUT2D eigenvalue weighted by Crippen LogP contribution is -1.36. The monoisotopic (exact) mass is 136 g/mol. The fraction of sp³-hybridized carbons (Fsp3) is 0.500. The Balaban J connectivity index is 0. The summed E-state index contributed by atoms with van der Waals surface area (Å²) in [5, 5.41) is 0. The molecule has 32 valence electrons. The summed E-state index contributed by atoms with van der Waals surface area (Å²) in [6, 6.07) is 0. The average Bonchev–Trinajstić information content (AvgIpc) is 1.37. The third kappa shape index (κ3) is 14.0. The Morgan fingerprint density at radius 1 is 1.80 bits per heavy atom. The molecule has 0 N–H and O–H groups in total. The molecule has 0 saturated heterocycles. The van der Waals surface area contributed by atoms with Gasteiger partial charge in [0, 0.05) is 0 Å². The first-order chi connectivity index (χ1) is 1.91. The van der Waals surface area contributed by atoms with Gasteiger partial charge in [0.1, 0.15) is 0 Å². The van der Waals surface area contributed by atoms with E-state index in [1.54, 1.807) is 0 Å². The summed E-state index contributed by atoms with van der Waals surface area (Å²) >= 11 is 0. The van der Waals surface area contributed by atoms with Gasteiger partial charge in [-0.2, -0.15) is 0 Å². The number of hydrogen-bond donors (Lipinski definition) is 0. The van der Waals surface area contributed by atoms with E-state index in [-0.39, 0.29) is 17.0 Å². The van der Waals surface area contributed by atoms with Crippen molar-refractivity contribution in [3.63, 3.8) is 0 Å². The molecule has 1 heteroatoms. The normalized spacial score (nSPS) is 5.00. The Bertz CT molecular complexity index is 17.6. The SMILES string of the molecule is Br.C=CCC. The van der Waals surface area contributed by atoms with Crippen molar-refractivity contribution in [2.75, 3.05) is 0 Å². The van der Waals surface area contributed by atoms with Crippen LogP contribution in [0.5, 0.6) is 0 Å². The van der Waals surface area contributed by atoms with E-state index >= 15 is 0 Å². The van der Waals surface area contributed by atoms with Crippen molar-refractivity contribution in [1.29, 1.82) is 0 Å². The maximum Gasteiger partial charge on any atom is -0.0382 e. The highest BCUT2D eigenvalue weighted by molar-refractivity contribution is 8.93.